The minimum absolute atomic E-state index is 0.0361. The summed E-state index contributed by atoms with van der Waals surface area (Å²) in [4.78, 5) is 8.99. The Hall–Kier alpha value is -1.93. The zero-order chi connectivity index (χ0) is 20.5. The molecule has 0 saturated carbocycles. The third kappa shape index (κ3) is 3.67. The number of aromatic nitrogens is 1. The molecule has 0 amide bonds. The summed E-state index contributed by atoms with van der Waals surface area (Å²) in [5.74, 6) is 0.659. The van der Waals surface area contributed by atoms with Gasteiger partial charge in [-0.1, -0.05) is 31.7 Å². The Morgan fingerprint density at radius 1 is 1.25 bits per heavy atom. The lowest BCUT2D eigenvalue weighted by atomic mass is 9.75. The number of aryl methyl sites for hydroxylation is 2. The summed E-state index contributed by atoms with van der Waals surface area (Å²) >= 11 is 1.44. The monoisotopic (exact) mass is 409 g/mol. The maximum absolute atomic E-state index is 14.6. The first-order chi connectivity index (χ1) is 13.4. The quantitative estimate of drug-likeness (QED) is 0.783. The van der Waals surface area contributed by atoms with Crippen LogP contribution in [0.1, 0.15) is 49.3 Å². The molecule has 5 nitrogen and oxygen atoms in total. The number of oxazole rings is 1. The number of aliphatic imine (C=N–C) groups is 1. The highest BCUT2D eigenvalue weighted by atomic mass is 32.2. The van der Waals surface area contributed by atoms with Crippen LogP contribution in [0.4, 0.5) is 8.78 Å². The zero-order valence-electron chi connectivity index (χ0n) is 16.5. The molecule has 0 bridgehead atoms. The molecule has 152 valence electrons. The van der Waals surface area contributed by atoms with Gasteiger partial charge < -0.3 is 14.9 Å². The standard InChI is InChI=1S/C18H19F2N3O2S.C2H6/c1-9-10(2)25-16(22-9)15-5-11-7-26-17(21)23-18(11,8-24-15)13-4-3-12(19)6-14(13)20;1-2/h3-4,6,11,15H,5,7-8H2,1-2H3,(H2,21,23);1-2H3/t11?,15-,18?;/m1./s1. The van der Waals surface area contributed by atoms with Crippen molar-refractivity contribution in [1.29, 1.82) is 0 Å². The van der Waals surface area contributed by atoms with Crippen molar-refractivity contribution in [2.24, 2.45) is 16.6 Å². The van der Waals surface area contributed by atoms with Crippen molar-refractivity contribution >= 4 is 16.9 Å². The first kappa shape index (κ1) is 20.8. The fourth-order valence-electron chi connectivity index (χ4n) is 3.62. The van der Waals surface area contributed by atoms with Crippen molar-refractivity contribution in [1.82, 2.24) is 4.98 Å². The number of benzene rings is 1. The molecule has 3 heterocycles. The normalized spacial score (nSPS) is 26.7. The van der Waals surface area contributed by atoms with Crippen LogP contribution in [0.25, 0.3) is 0 Å². The predicted octanol–water partition coefficient (Wildman–Crippen LogP) is 4.63. The number of hydrogen-bond donors (Lipinski definition) is 1. The number of nitrogens with zero attached hydrogens (tertiary/aromatic N) is 2. The van der Waals surface area contributed by atoms with Gasteiger partial charge in [-0.25, -0.2) is 18.8 Å². The summed E-state index contributed by atoms with van der Waals surface area (Å²) in [6, 6.07) is 3.56. The van der Waals surface area contributed by atoms with E-state index in [9.17, 15) is 8.78 Å². The summed E-state index contributed by atoms with van der Waals surface area (Å²) in [5, 5.41) is 0.384. The molecule has 1 aromatic carbocycles. The minimum atomic E-state index is -0.958. The lowest BCUT2D eigenvalue weighted by Gasteiger charge is -2.45. The molecule has 2 aromatic rings. The maximum Gasteiger partial charge on any atom is 0.223 e. The van der Waals surface area contributed by atoms with E-state index in [1.165, 1.54) is 23.9 Å². The van der Waals surface area contributed by atoms with E-state index >= 15 is 0 Å². The molecule has 28 heavy (non-hydrogen) atoms. The topological polar surface area (TPSA) is 73.6 Å². The van der Waals surface area contributed by atoms with Gasteiger partial charge in [-0.15, -0.1) is 0 Å². The smallest absolute Gasteiger partial charge is 0.223 e. The van der Waals surface area contributed by atoms with Gasteiger partial charge in [0, 0.05) is 23.3 Å². The number of amidine groups is 1. The summed E-state index contributed by atoms with van der Waals surface area (Å²) < 4.78 is 39.7. The van der Waals surface area contributed by atoms with E-state index in [0.717, 1.165) is 17.5 Å². The second-order valence-corrected chi connectivity index (χ2v) is 7.78. The SMILES string of the molecule is CC.Cc1nc([C@H]2CC3CSC(N)=NC3(c3ccc(F)cc3F)CO2)oc1C. The lowest BCUT2D eigenvalue weighted by molar-refractivity contribution is -0.0699. The molecule has 0 spiro atoms. The molecule has 3 atom stereocenters. The molecule has 0 aliphatic carbocycles. The first-order valence-corrected chi connectivity index (χ1v) is 10.4. The Morgan fingerprint density at radius 3 is 2.64 bits per heavy atom. The average molecular weight is 410 g/mol. The van der Waals surface area contributed by atoms with Crippen LogP contribution in [-0.2, 0) is 10.3 Å². The van der Waals surface area contributed by atoms with Crippen molar-refractivity contribution < 1.29 is 17.9 Å². The minimum Gasteiger partial charge on any atom is -0.443 e. The molecule has 2 aliphatic rings. The first-order valence-electron chi connectivity index (χ1n) is 9.38. The Kier molecular flexibility index (Phi) is 6.09. The molecule has 4 rings (SSSR count). The highest BCUT2D eigenvalue weighted by Gasteiger charge is 2.50. The number of nitrogens with two attached hydrogens (primary N) is 1. The molecule has 8 heteroatoms. The number of halogens is 2. The summed E-state index contributed by atoms with van der Waals surface area (Å²) in [5.41, 5.74) is 6.12. The Bertz CT molecular complexity index is 867. The van der Waals surface area contributed by atoms with Crippen LogP contribution in [0, 0.1) is 31.4 Å². The second kappa shape index (κ2) is 8.21. The van der Waals surface area contributed by atoms with Gasteiger partial charge >= 0.3 is 0 Å². The van der Waals surface area contributed by atoms with Gasteiger partial charge in [0.15, 0.2) is 5.17 Å². The van der Waals surface area contributed by atoms with Crippen LogP contribution in [0.15, 0.2) is 27.6 Å². The third-order valence-electron chi connectivity index (χ3n) is 5.14. The average Bonchev–Trinajstić information content (AvgIpc) is 3.01. The van der Waals surface area contributed by atoms with Crippen molar-refractivity contribution in [3.63, 3.8) is 0 Å². The summed E-state index contributed by atoms with van der Waals surface area (Å²) in [6.45, 7) is 7.87. The van der Waals surface area contributed by atoms with Crippen LogP contribution in [0.2, 0.25) is 0 Å². The third-order valence-corrected chi connectivity index (χ3v) is 6.09. The van der Waals surface area contributed by atoms with E-state index < -0.39 is 17.2 Å². The van der Waals surface area contributed by atoms with Gasteiger partial charge in [0.25, 0.3) is 0 Å². The van der Waals surface area contributed by atoms with E-state index in [1.807, 2.05) is 27.7 Å². The summed E-state index contributed by atoms with van der Waals surface area (Å²) in [6.07, 6.45) is 0.249. The van der Waals surface area contributed by atoms with Crippen molar-refractivity contribution in [3.05, 3.63) is 52.7 Å². The van der Waals surface area contributed by atoms with Crippen LogP contribution >= 0.6 is 11.8 Å². The van der Waals surface area contributed by atoms with E-state index in [2.05, 4.69) is 9.98 Å². The second-order valence-electron chi connectivity index (χ2n) is 6.74. The molecular weight excluding hydrogens is 384 g/mol. The summed E-state index contributed by atoms with van der Waals surface area (Å²) in [7, 11) is 0. The van der Waals surface area contributed by atoms with Crippen molar-refractivity contribution in [2.45, 2.75) is 45.8 Å². The number of hydrogen-bond acceptors (Lipinski definition) is 6. The molecular formula is C20H25F2N3O2S. The number of ether oxygens (including phenoxy) is 1. The number of thioether (sulfide) groups is 1. The molecule has 1 fully saturated rings. The molecule has 1 saturated heterocycles. The van der Waals surface area contributed by atoms with Gasteiger partial charge in [-0.05, 0) is 26.3 Å². The van der Waals surface area contributed by atoms with E-state index in [-0.39, 0.29) is 18.6 Å². The van der Waals surface area contributed by atoms with Gasteiger partial charge in [0.05, 0.1) is 12.3 Å². The van der Waals surface area contributed by atoms with E-state index in [0.29, 0.717) is 28.8 Å². The largest absolute Gasteiger partial charge is 0.443 e. The maximum atomic E-state index is 14.6. The number of fused-ring (bicyclic) bond motifs is 1. The van der Waals surface area contributed by atoms with E-state index in [4.69, 9.17) is 14.9 Å². The van der Waals surface area contributed by atoms with Gasteiger partial charge in [0.1, 0.15) is 29.0 Å². The lowest BCUT2D eigenvalue weighted by Crippen LogP contribution is -2.48. The Balaban J connectivity index is 0.00000109. The van der Waals surface area contributed by atoms with Crippen molar-refractivity contribution in [3.8, 4) is 0 Å². The number of rotatable bonds is 2. The van der Waals surface area contributed by atoms with Crippen molar-refractivity contribution in [2.75, 3.05) is 12.4 Å². The molecule has 1 aromatic heterocycles. The van der Waals surface area contributed by atoms with Gasteiger partial charge in [-0.2, -0.15) is 0 Å². The van der Waals surface area contributed by atoms with Crippen LogP contribution in [-0.4, -0.2) is 22.5 Å². The highest BCUT2D eigenvalue weighted by Crippen LogP contribution is 2.49. The fourth-order valence-corrected chi connectivity index (χ4v) is 4.63. The Labute approximate surface area is 167 Å². The molecule has 2 aliphatic heterocycles. The van der Waals surface area contributed by atoms with E-state index in [1.54, 1.807) is 0 Å². The fraction of sp³-hybridized carbons (Fsp3) is 0.500. The molecule has 2 unspecified atom stereocenters. The van der Waals surface area contributed by atoms with Gasteiger partial charge in [0.2, 0.25) is 5.89 Å². The highest BCUT2D eigenvalue weighted by molar-refractivity contribution is 8.13. The van der Waals surface area contributed by atoms with Crippen LogP contribution in [0.3, 0.4) is 0 Å². The molecule has 0 radical (unpaired) electrons. The van der Waals surface area contributed by atoms with Gasteiger partial charge in [-0.3, -0.25) is 0 Å². The Morgan fingerprint density at radius 2 is 2.00 bits per heavy atom. The molecule has 2 N–H and O–H groups in total. The zero-order valence-corrected chi connectivity index (χ0v) is 17.3. The predicted molar refractivity (Wildman–Crippen MR) is 106 cm³/mol. The van der Waals surface area contributed by atoms with Crippen LogP contribution in [0.5, 0.6) is 0 Å². The van der Waals surface area contributed by atoms with Crippen LogP contribution < -0.4 is 5.73 Å².